The number of rotatable bonds is 5. The van der Waals surface area contributed by atoms with E-state index in [4.69, 9.17) is 23.2 Å². The van der Waals surface area contributed by atoms with Crippen molar-refractivity contribution in [1.29, 1.82) is 0 Å². The second kappa shape index (κ2) is 7.31. The number of hydrogen-bond donors (Lipinski definition) is 1. The molecule has 21 heavy (non-hydrogen) atoms. The fourth-order valence-corrected chi connectivity index (χ4v) is 2.95. The number of nitrogens with one attached hydrogen (secondary N) is 1. The maximum atomic E-state index is 6.16. The van der Waals surface area contributed by atoms with Gasteiger partial charge in [0.25, 0.3) is 0 Å². The van der Waals surface area contributed by atoms with E-state index in [1.807, 2.05) is 12.1 Å². The molecule has 0 aromatic heterocycles. The van der Waals surface area contributed by atoms with Crippen LogP contribution < -0.4 is 5.32 Å². The van der Waals surface area contributed by atoms with E-state index in [9.17, 15) is 0 Å². The molecule has 0 saturated heterocycles. The molecular formula is C18H21Cl2N. The van der Waals surface area contributed by atoms with Crippen LogP contribution >= 0.6 is 23.2 Å². The first-order valence-electron chi connectivity index (χ1n) is 7.27. The fraction of sp³-hybridized carbons (Fsp3) is 0.333. The Balaban J connectivity index is 2.43. The standard InChI is InChI=1S/C18H21Cl2N/c1-4-7-21-18(14-6-5-12(2)13(3)8-14)15-9-16(19)11-17(20)10-15/h5-6,8-11,18,21H,4,7H2,1-3H3. The third kappa shape index (κ3) is 4.23. The van der Waals surface area contributed by atoms with Gasteiger partial charge in [0.05, 0.1) is 6.04 Å². The van der Waals surface area contributed by atoms with Crippen LogP contribution in [0.2, 0.25) is 10.0 Å². The molecule has 0 aliphatic carbocycles. The molecule has 0 radical (unpaired) electrons. The Hall–Kier alpha value is -1.02. The number of hydrogen-bond acceptors (Lipinski definition) is 1. The summed E-state index contributed by atoms with van der Waals surface area (Å²) < 4.78 is 0. The smallest absolute Gasteiger partial charge is 0.0577 e. The van der Waals surface area contributed by atoms with E-state index in [1.165, 1.54) is 16.7 Å². The van der Waals surface area contributed by atoms with Gasteiger partial charge in [0.2, 0.25) is 0 Å². The molecule has 1 N–H and O–H groups in total. The van der Waals surface area contributed by atoms with Crippen molar-refractivity contribution in [3.05, 3.63) is 68.7 Å². The van der Waals surface area contributed by atoms with Gasteiger partial charge in [0, 0.05) is 10.0 Å². The van der Waals surface area contributed by atoms with Crippen molar-refractivity contribution in [1.82, 2.24) is 5.32 Å². The van der Waals surface area contributed by atoms with E-state index < -0.39 is 0 Å². The van der Waals surface area contributed by atoms with Gasteiger partial charge >= 0.3 is 0 Å². The summed E-state index contributed by atoms with van der Waals surface area (Å²) >= 11 is 12.3. The van der Waals surface area contributed by atoms with Gasteiger partial charge in [0.15, 0.2) is 0 Å². The van der Waals surface area contributed by atoms with Crippen LogP contribution in [0.3, 0.4) is 0 Å². The lowest BCUT2D eigenvalue weighted by atomic mass is 9.95. The van der Waals surface area contributed by atoms with Gasteiger partial charge in [-0.2, -0.15) is 0 Å². The van der Waals surface area contributed by atoms with Gasteiger partial charge in [-0.1, -0.05) is 48.3 Å². The Kier molecular flexibility index (Phi) is 5.69. The predicted molar refractivity (Wildman–Crippen MR) is 92.5 cm³/mol. The van der Waals surface area contributed by atoms with E-state index in [0.717, 1.165) is 18.5 Å². The van der Waals surface area contributed by atoms with E-state index in [1.54, 1.807) is 6.07 Å². The number of halogens is 2. The molecule has 0 fully saturated rings. The second-order valence-corrected chi connectivity index (χ2v) is 6.31. The molecule has 0 spiro atoms. The minimum atomic E-state index is 0.112. The average molecular weight is 322 g/mol. The van der Waals surface area contributed by atoms with Gasteiger partial charge in [-0.05, 0) is 67.3 Å². The fourth-order valence-electron chi connectivity index (χ4n) is 2.40. The summed E-state index contributed by atoms with van der Waals surface area (Å²) in [5.74, 6) is 0. The van der Waals surface area contributed by atoms with Gasteiger partial charge in [-0.15, -0.1) is 0 Å². The van der Waals surface area contributed by atoms with Gasteiger partial charge in [0.1, 0.15) is 0 Å². The molecule has 0 bridgehead atoms. The molecule has 112 valence electrons. The first kappa shape index (κ1) is 16.4. The van der Waals surface area contributed by atoms with Crippen LogP contribution in [0.25, 0.3) is 0 Å². The Morgan fingerprint density at radius 1 is 0.905 bits per heavy atom. The Morgan fingerprint density at radius 3 is 2.14 bits per heavy atom. The van der Waals surface area contributed by atoms with Crippen LogP contribution in [-0.2, 0) is 0 Å². The maximum Gasteiger partial charge on any atom is 0.0577 e. The van der Waals surface area contributed by atoms with Crippen LogP contribution in [0.4, 0.5) is 0 Å². The third-order valence-electron chi connectivity index (χ3n) is 3.68. The van der Waals surface area contributed by atoms with Gasteiger partial charge in [-0.3, -0.25) is 0 Å². The largest absolute Gasteiger partial charge is 0.306 e. The lowest BCUT2D eigenvalue weighted by Gasteiger charge is -2.21. The van der Waals surface area contributed by atoms with Crippen molar-refractivity contribution in [3.8, 4) is 0 Å². The zero-order chi connectivity index (χ0) is 15.4. The first-order valence-corrected chi connectivity index (χ1v) is 8.03. The summed E-state index contributed by atoms with van der Waals surface area (Å²) in [6, 6.07) is 12.4. The van der Waals surface area contributed by atoms with Crippen LogP contribution in [0.5, 0.6) is 0 Å². The van der Waals surface area contributed by atoms with Crippen molar-refractivity contribution in [2.24, 2.45) is 0 Å². The molecule has 1 atom stereocenters. The van der Waals surface area contributed by atoms with E-state index >= 15 is 0 Å². The quantitative estimate of drug-likeness (QED) is 0.744. The van der Waals surface area contributed by atoms with Crippen molar-refractivity contribution < 1.29 is 0 Å². The van der Waals surface area contributed by atoms with Crippen LogP contribution in [-0.4, -0.2) is 6.54 Å². The molecule has 0 saturated carbocycles. The van der Waals surface area contributed by atoms with Crippen LogP contribution in [0.1, 0.15) is 41.6 Å². The molecule has 0 heterocycles. The maximum absolute atomic E-state index is 6.16. The van der Waals surface area contributed by atoms with Gasteiger partial charge < -0.3 is 5.32 Å². The second-order valence-electron chi connectivity index (χ2n) is 5.43. The number of aryl methyl sites for hydroxylation is 2. The highest BCUT2D eigenvalue weighted by molar-refractivity contribution is 6.34. The summed E-state index contributed by atoms with van der Waals surface area (Å²) in [5, 5.41) is 4.93. The highest BCUT2D eigenvalue weighted by Gasteiger charge is 2.15. The van der Waals surface area contributed by atoms with Crippen LogP contribution in [0.15, 0.2) is 36.4 Å². The van der Waals surface area contributed by atoms with Crippen molar-refractivity contribution >= 4 is 23.2 Å². The molecule has 1 unspecified atom stereocenters. The SMILES string of the molecule is CCCNC(c1cc(Cl)cc(Cl)c1)c1ccc(C)c(C)c1. The topological polar surface area (TPSA) is 12.0 Å². The highest BCUT2D eigenvalue weighted by Crippen LogP contribution is 2.29. The monoisotopic (exact) mass is 321 g/mol. The molecule has 3 heteroatoms. The minimum Gasteiger partial charge on any atom is -0.306 e. The summed E-state index contributed by atoms with van der Waals surface area (Å²) in [6.45, 7) is 7.38. The molecule has 2 aromatic carbocycles. The summed E-state index contributed by atoms with van der Waals surface area (Å²) in [6.07, 6.45) is 1.08. The molecule has 0 amide bonds. The van der Waals surface area contributed by atoms with E-state index in [2.05, 4.69) is 44.3 Å². The van der Waals surface area contributed by atoms with Gasteiger partial charge in [-0.25, -0.2) is 0 Å². The molecule has 2 aromatic rings. The summed E-state index contributed by atoms with van der Waals surface area (Å²) in [4.78, 5) is 0. The molecule has 1 nitrogen and oxygen atoms in total. The molecular weight excluding hydrogens is 301 g/mol. The third-order valence-corrected chi connectivity index (χ3v) is 4.12. The highest BCUT2D eigenvalue weighted by atomic mass is 35.5. The van der Waals surface area contributed by atoms with E-state index in [0.29, 0.717) is 10.0 Å². The zero-order valence-corrected chi connectivity index (χ0v) is 14.2. The lowest BCUT2D eigenvalue weighted by molar-refractivity contribution is 0.598. The minimum absolute atomic E-state index is 0.112. The molecule has 2 rings (SSSR count). The number of benzene rings is 2. The van der Waals surface area contributed by atoms with Crippen molar-refractivity contribution in [2.45, 2.75) is 33.2 Å². The zero-order valence-electron chi connectivity index (χ0n) is 12.7. The lowest BCUT2D eigenvalue weighted by Crippen LogP contribution is -2.23. The predicted octanol–water partition coefficient (Wildman–Crippen LogP) is 5.70. The summed E-state index contributed by atoms with van der Waals surface area (Å²) in [5.41, 5.74) is 4.94. The van der Waals surface area contributed by atoms with Crippen LogP contribution in [0, 0.1) is 13.8 Å². The Morgan fingerprint density at radius 2 is 1.57 bits per heavy atom. The van der Waals surface area contributed by atoms with Crippen molar-refractivity contribution in [2.75, 3.05) is 6.54 Å². The summed E-state index contributed by atoms with van der Waals surface area (Å²) in [7, 11) is 0. The Labute approximate surface area is 137 Å². The average Bonchev–Trinajstić information content (AvgIpc) is 2.42. The van der Waals surface area contributed by atoms with Crippen molar-refractivity contribution in [3.63, 3.8) is 0 Å². The molecule has 0 aliphatic heterocycles. The first-order chi connectivity index (χ1) is 10.0. The normalized spacial score (nSPS) is 12.4. The Bertz CT molecular complexity index is 602. The molecule has 0 aliphatic rings. The van der Waals surface area contributed by atoms with E-state index in [-0.39, 0.29) is 6.04 Å².